The van der Waals surface area contributed by atoms with Crippen LogP contribution < -0.4 is 4.74 Å². The number of thioether (sulfide) groups is 1. The molecule has 1 heterocycles. The Kier molecular flexibility index (Phi) is 6.67. The maximum atomic E-state index is 12.4. The fourth-order valence-electron chi connectivity index (χ4n) is 3.05. The van der Waals surface area contributed by atoms with Gasteiger partial charge in [-0.1, -0.05) is 60.3 Å². The van der Waals surface area contributed by atoms with Crippen molar-refractivity contribution >= 4 is 23.7 Å². The van der Waals surface area contributed by atoms with Crippen molar-refractivity contribution in [3.63, 3.8) is 0 Å². The summed E-state index contributed by atoms with van der Waals surface area (Å²) in [4.78, 5) is 28.7. The third-order valence-corrected chi connectivity index (χ3v) is 5.53. The molecule has 0 amide bonds. The zero-order valence-corrected chi connectivity index (χ0v) is 18.1. The van der Waals surface area contributed by atoms with Crippen LogP contribution in [-0.2, 0) is 9.53 Å². The topological polar surface area (TPSA) is 70.4 Å². The van der Waals surface area contributed by atoms with Gasteiger partial charge < -0.3 is 9.47 Å². The Labute approximate surface area is 189 Å². The monoisotopic (exact) mass is 444 g/mol. The minimum atomic E-state index is -0.444. The van der Waals surface area contributed by atoms with Crippen molar-refractivity contribution in [3.05, 3.63) is 96.7 Å². The highest BCUT2D eigenvalue weighted by Gasteiger charge is 2.15. The summed E-state index contributed by atoms with van der Waals surface area (Å²) in [6.07, 6.45) is 1.96. The molecule has 4 aromatic rings. The van der Waals surface area contributed by atoms with E-state index in [0.29, 0.717) is 16.5 Å². The molecule has 0 aliphatic heterocycles. The highest BCUT2D eigenvalue weighted by Crippen LogP contribution is 2.27. The molecule has 0 N–H and O–H groups in total. The Morgan fingerprint density at radius 3 is 2.22 bits per heavy atom. The van der Waals surface area contributed by atoms with Crippen molar-refractivity contribution < 1.29 is 19.1 Å². The maximum Gasteiger partial charge on any atom is 0.337 e. The van der Waals surface area contributed by atoms with E-state index < -0.39 is 11.9 Å². The number of benzene rings is 3. The van der Waals surface area contributed by atoms with Crippen LogP contribution in [0.3, 0.4) is 0 Å². The summed E-state index contributed by atoms with van der Waals surface area (Å²) in [7, 11) is 1.32. The van der Waals surface area contributed by atoms with Gasteiger partial charge in [0.15, 0.2) is 5.16 Å². The van der Waals surface area contributed by atoms with E-state index in [1.165, 1.54) is 18.9 Å². The molecule has 7 heteroatoms. The number of carbonyl (C=O) groups is 2. The van der Waals surface area contributed by atoms with Gasteiger partial charge in [-0.05, 0) is 36.4 Å². The van der Waals surface area contributed by atoms with Crippen LogP contribution in [0.1, 0.15) is 10.4 Å². The van der Waals surface area contributed by atoms with Crippen molar-refractivity contribution in [2.24, 2.45) is 0 Å². The summed E-state index contributed by atoms with van der Waals surface area (Å²) in [6.45, 7) is 0. The van der Waals surface area contributed by atoms with Gasteiger partial charge in [-0.25, -0.2) is 9.78 Å². The molecule has 0 spiro atoms. The summed E-state index contributed by atoms with van der Waals surface area (Å²) in [5.41, 5.74) is 3.16. The van der Waals surface area contributed by atoms with E-state index in [1.54, 1.807) is 24.3 Å². The van der Waals surface area contributed by atoms with E-state index in [-0.39, 0.29) is 5.75 Å². The minimum Gasteiger partial charge on any atom is -0.465 e. The third-order valence-electron chi connectivity index (χ3n) is 4.60. The van der Waals surface area contributed by atoms with E-state index in [9.17, 15) is 9.59 Å². The molecule has 0 fully saturated rings. The number of esters is 2. The van der Waals surface area contributed by atoms with Gasteiger partial charge in [-0.2, -0.15) is 0 Å². The van der Waals surface area contributed by atoms with Gasteiger partial charge in [0.05, 0.1) is 24.1 Å². The fraction of sp³-hybridized carbons (Fsp3) is 0.0800. The third kappa shape index (κ3) is 5.07. The second kappa shape index (κ2) is 9.98. The van der Waals surface area contributed by atoms with Gasteiger partial charge in [-0.15, -0.1) is 0 Å². The van der Waals surface area contributed by atoms with E-state index in [2.05, 4.69) is 4.74 Å². The van der Waals surface area contributed by atoms with Gasteiger partial charge in [0.25, 0.3) is 0 Å². The van der Waals surface area contributed by atoms with Crippen LogP contribution in [0.4, 0.5) is 0 Å². The van der Waals surface area contributed by atoms with Crippen LogP contribution in [0.15, 0.2) is 96.3 Å². The van der Waals surface area contributed by atoms with Crippen LogP contribution >= 0.6 is 11.8 Å². The molecule has 160 valence electrons. The first-order valence-corrected chi connectivity index (χ1v) is 10.8. The van der Waals surface area contributed by atoms with Crippen LogP contribution in [0.5, 0.6) is 5.75 Å². The second-order valence-electron chi connectivity index (χ2n) is 6.76. The molecule has 0 aliphatic carbocycles. The van der Waals surface area contributed by atoms with Gasteiger partial charge in [0.2, 0.25) is 0 Å². The van der Waals surface area contributed by atoms with Crippen LogP contribution in [0, 0.1) is 0 Å². The summed E-state index contributed by atoms with van der Waals surface area (Å²) in [5, 5.41) is 0.688. The zero-order valence-electron chi connectivity index (χ0n) is 17.3. The summed E-state index contributed by atoms with van der Waals surface area (Å²) < 4.78 is 12.0. The number of rotatable bonds is 7. The fourth-order valence-corrected chi connectivity index (χ4v) is 3.81. The van der Waals surface area contributed by atoms with E-state index in [4.69, 9.17) is 9.72 Å². The number of carbonyl (C=O) groups excluding carboxylic acids is 2. The Hall–Kier alpha value is -3.84. The highest BCUT2D eigenvalue weighted by molar-refractivity contribution is 7.99. The van der Waals surface area contributed by atoms with Crippen LogP contribution in [-0.4, -0.2) is 34.4 Å². The lowest BCUT2D eigenvalue weighted by atomic mass is 10.2. The predicted octanol–water partition coefficient (Wildman–Crippen LogP) is 5.02. The molecule has 0 bridgehead atoms. The molecular weight excluding hydrogens is 424 g/mol. The lowest BCUT2D eigenvalue weighted by molar-refractivity contribution is -0.131. The Morgan fingerprint density at radius 1 is 0.906 bits per heavy atom. The molecule has 6 nitrogen and oxygen atoms in total. The number of ether oxygens (including phenoxy) is 2. The average molecular weight is 445 g/mol. The second-order valence-corrected chi connectivity index (χ2v) is 7.70. The summed E-state index contributed by atoms with van der Waals surface area (Å²) in [6, 6.07) is 26.0. The molecular formula is C25H20N2O4S. The lowest BCUT2D eigenvalue weighted by Crippen LogP contribution is -2.11. The molecule has 0 saturated heterocycles. The quantitative estimate of drug-likeness (QED) is 0.226. The normalized spacial score (nSPS) is 10.5. The molecule has 1 aromatic heterocycles. The number of aromatic nitrogens is 2. The SMILES string of the molecule is COC(=O)c1ccc(OC(=O)CSc2nc(-c3ccccc3)cn2-c2ccccc2)cc1. The maximum absolute atomic E-state index is 12.4. The van der Waals surface area contributed by atoms with Crippen LogP contribution in [0.2, 0.25) is 0 Å². The van der Waals surface area contributed by atoms with Crippen LogP contribution in [0.25, 0.3) is 16.9 Å². The molecule has 0 saturated carbocycles. The number of methoxy groups -OCH3 is 1. The van der Waals surface area contributed by atoms with Gasteiger partial charge >= 0.3 is 11.9 Å². The predicted molar refractivity (Wildman–Crippen MR) is 123 cm³/mol. The first kappa shape index (κ1) is 21.4. The largest absolute Gasteiger partial charge is 0.465 e. The van der Waals surface area contributed by atoms with E-state index in [1.807, 2.05) is 71.4 Å². The zero-order chi connectivity index (χ0) is 22.3. The smallest absolute Gasteiger partial charge is 0.337 e. The molecule has 0 atom stereocenters. The molecule has 32 heavy (non-hydrogen) atoms. The molecule has 0 unspecified atom stereocenters. The van der Waals surface area contributed by atoms with Crippen molar-refractivity contribution in [2.75, 3.05) is 12.9 Å². The Balaban J connectivity index is 1.49. The Morgan fingerprint density at radius 2 is 1.56 bits per heavy atom. The Bertz CT molecular complexity index is 1210. The number of hydrogen-bond donors (Lipinski definition) is 0. The van der Waals surface area contributed by atoms with Crippen molar-refractivity contribution in [3.8, 4) is 22.7 Å². The van der Waals surface area contributed by atoms with E-state index >= 15 is 0 Å². The van der Waals surface area contributed by atoms with Crippen molar-refractivity contribution in [1.82, 2.24) is 9.55 Å². The van der Waals surface area contributed by atoms with Crippen molar-refractivity contribution in [1.29, 1.82) is 0 Å². The summed E-state index contributed by atoms with van der Waals surface area (Å²) >= 11 is 1.30. The average Bonchev–Trinajstić information content (AvgIpc) is 3.28. The van der Waals surface area contributed by atoms with Gasteiger partial charge in [-0.3, -0.25) is 9.36 Å². The first-order valence-electron chi connectivity index (χ1n) is 9.86. The molecule has 4 rings (SSSR count). The summed E-state index contributed by atoms with van der Waals surface area (Å²) in [5.74, 6) is -0.415. The van der Waals surface area contributed by atoms with Gasteiger partial charge in [0, 0.05) is 17.4 Å². The number of hydrogen-bond acceptors (Lipinski definition) is 6. The first-order chi connectivity index (χ1) is 15.6. The molecule has 0 radical (unpaired) electrons. The molecule has 3 aromatic carbocycles. The minimum absolute atomic E-state index is 0.0802. The highest BCUT2D eigenvalue weighted by atomic mass is 32.2. The standard InChI is InChI=1S/C25H20N2O4S/c1-30-24(29)19-12-14-21(15-13-19)31-23(28)17-32-25-26-22(18-8-4-2-5-9-18)16-27(25)20-10-6-3-7-11-20/h2-16H,17H2,1H3. The number of nitrogens with zero attached hydrogens (tertiary/aromatic N) is 2. The molecule has 0 aliphatic rings. The lowest BCUT2D eigenvalue weighted by Gasteiger charge is -2.07. The number of imidazole rings is 1. The van der Waals surface area contributed by atoms with Gasteiger partial charge in [0.1, 0.15) is 5.75 Å². The van der Waals surface area contributed by atoms with Crippen molar-refractivity contribution in [2.45, 2.75) is 5.16 Å². The van der Waals surface area contributed by atoms with E-state index in [0.717, 1.165) is 16.9 Å². The number of para-hydroxylation sites is 1.